The summed E-state index contributed by atoms with van der Waals surface area (Å²) in [5.41, 5.74) is 4.38. The minimum atomic E-state index is -0.488. The number of esters is 1. The molecule has 0 saturated carbocycles. The van der Waals surface area contributed by atoms with Gasteiger partial charge in [0.15, 0.2) is 0 Å². The van der Waals surface area contributed by atoms with Crippen LogP contribution in [0, 0.1) is 18.3 Å². The first-order chi connectivity index (χ1) is 23.4. The summed E-state index contributed by atoms with van der Waals surface area (Å²) < 4.78 is 5.10. The van der Waals surface area contributed by atoms with Crippen molar-refractivity contribution in [3.63, 3.8) is 0 Å². The Kier molecular flexibility index (Phi) is 11.4. The molecule has 1 unspecified atom stereocenters. The van der Waals surface area contributed by atoms with Crippen LogP contribution in [0.15, 0.2) is 89.5 Å². The van der Waals surface area contributed by atoms with Crippen LogP contribution in [0.4, 0.5) is 10.7 Å². The normalized spacial score (nSPS) is 14.4. The molecule has 0 aliphatic heterocycles. The number of carbonyl (C=O) groups excluding carboxylic acids is 4. The molecule has 0 fully saturated rings. The van der Waals surface area contributed by atoms with Crippen LogP contribution >= 0.6 is 23.1 Å². The highest BCUT2D eigenvalue weighted by atomic mass is 32.2. The van der Waals surface area contributed by atoms with Gasteiger partial charge >= 0.3 is 5.97 Å². The average Bonchev–Trinajstić information content (AvgIpc) is 3.44. The summed E-state index contributed by atoms with van der Waals surface area (Å²) >= 11 is 2.78. The second-order valence-corrected chi connectivity index (χ2v) is 15.2. The van der Waals surface area contributed by atoms with Crippen molar-refractivity contribution in [3.8, 4) is 0 Å². The van der Waals surface area contributed by atoms with Crippen LogP contribution in [-0.2, 0) is 27.2 Å². The van der Waals surface area contributed by atoms with Crippen molar-refractivity contribution < 1.29 is 23.9 Å². The Labute approximate surface area is 295 Å². The Morgan fingerprint density at radius 1 is 0.959 bits per heavy atom. The number of nitrogens with one attached hydrogen (secondary N) is 3. The fourth-order valence-corrected chi connectivity index (χ4v) is 7.84. The number of methoxy groups -OCH3 is 1. The topological polar surface area (TPSA) is 114 Å². The zero-order chi connectivity index (χ0) is 35.1. The van der Waals surface area contributed by atoms with E-state index in [1.165, 1.54) is 30.2 Å². The molecular formula is C39H41N3O5S2. The third kappa shape index (κ3) is 9.07. The number of aryl methyl sites for hydroxylation is 1. The molecule has 1 aromatic heterocycles. The molecule has 1 aliphatic carbocycles. The molecule has 3 aromatic carbocycles. The summed E-state index contributed by atoms with van der Waals surface area (Å²) in [6, 6.07) is 23.5. The van der Waals surface area contributed by atoms with Gasteiger partial charge < -0.3 is 20.7 Å². The fraction of sp³-hybridized carbons (Fsp3) is 0.282. The monoisotopic (exact) mass is 695 g/mol. The Balaban J connectivity index is 1.27. The lowest BCUT2D eigenvalue weighted by Crippen LogP contribution is -2.30. The molecule has 3 N–H and O–H groups in total. The highest BCUT2D eigenvalue weighted by Crippen LogP contribution is 2.44. The number of anilines is 2. The maximum absolute atomic E-state index is 13.5. The van der Waals surface area contributed by atoms with Crippen LogP contribution in [-0.4, -0.2) is 36.6 Å². The van der Waals surface area contributed by atoms with E-state index in [1.54, 1.807) is 48.5 Å². The summed E-state index contributed by atoms with van der Waals surface area (Å²) in [5.74, 6) is -0.988. The van der Waals surface area contributed by atoms with E-state index in [0.29, 0.717) is 27.7 Å². The summed E-state index contributed by atoms with van der Waals surface area (Å²) in [7, 11) is 1.36. The lowest BCUT2D eigenvalue weighted by molar-refractivity contribution is -0.114. The number of rotatable bonds is 10. The molecular weight excluding hydrogens is 655 g/mol. The van der Waals surface area contributed by atoms with Gasteiger partial charge in [-0.15, -0.1) is 23.1 Å². The van der Waals surface area contributed by atoms with Crippen LogP contribution in [0.2, 0.25) is 0 Å². The third-order valence-corrected chi connectivity index (χ3v) is 10.8. The first-order valence-electron chi connectivity index (χ1n) is 16.1. The maximum atomic E-state index is 13.5. The molecule has 49 heavy (non-hydrogen) atoms. The average molecular weight is 696 g/mol. The second-order valence-electron chi connectivity index (χ2n) is 13.1. The largest absolute Gasteiger partial charge is 0.465 e. The molecule has 5 rings (SSSR count). The van der Waals surface area contributed by atoms with Gasteiger partial charge in [-0.3, -0.25) is 14.4 Å². The summed E-state index contributed by atoms with van der Waals surface area (Å²) in [6.45, 7) is 8.65. The lowest BCUT2D eigenvalue weighted by Gasteiger charge is -2.33. The Hall–Kier alpha value is -4.67. The van der Waals surface area contributed by atoms with Crippen molar-refractivity contribution in [2.75, 3.05) is 23.5 Å². The smallest absolute Gasteiger partial charge is 0.341 e. The summed E-state index contributed by atoms with van der Waals surface area (Å²) in [5, 5.41) is 9.16. The van der Waals surface area contributed by atoms with Crippen LogP contribution in [0.5, 0.6) is 0 Å². The molecule has 0 bridgehead atoms. The quantitative estimate of drug-likeness (QED) is 0.0877. The van der Waals surface area contributed by atoms with Crippen LogP contribution < -0.4 is 16.0 Å². The molecule has 3 amide bonds. The van der Waals surface area contributed by atoms with Gasteiger partial charge in [0.2, 0.25) is 5.91 Å². The van der Waals surface area contributed by atoms with Gasteiger partial charge in [0.05, 0.1) is 18.4 Å². The zero-order valence-corrected chi connectivity index (χ0v) is 30.0. The number of ether oxygens (including phenoxy) is 1. The zero-order valence-electron chi connectivity index (χ0n) is 28.3. The maximum Gasteiger partial charge on any atom is 0.341 e. The number of hydrogen-bond donors (Lipinski definition) is 3. The van der Waals surface area contributed by atoms with Gasteiger partial charge in [0, 0.05) is 21.0 Å². The minimum Gasteiger partial charge on any atom is -0.465 e. The minimum absolute atomic E-state index is 0.0921. The van der Waals surface area contributed by atoms with E-state index in [1.807, 2.05) is 43.3 Å². The predicted molar refractivity (Wildman–Crippen MR) is 198 cm³/mol. The molecule has 10 heteroatoms. The van der Waals surface area contributed by atoms with Crippen LogP contribution in [0.25, 0.3) is 6.08 Å². The number of amides is 3. The van der Waals surface area contributed by atoms with E-state index in [9.17, 15) is 19.2 Å². The highest BCUT2D eigenvalue weighted by Gasteiger charge is 2.34. The molecule has 0 saturated heterocycles. The van der Waals surface area contributed by atoms with Crippen LogP contribution in [0.1, 0.15) is 69.5 Å². The van der Waals surface area contributed by atoms with Gasteiger partial charge in [-0.05, 0) is 90.6 Å². The van der Waals surface area contributed by atoms with Gasteiger partial charge in [-0.25, -0.2) is 4.79 Å². The SMILES string of the molecule is COC(=O)c1c(NC(=O)CSc2cccc(NC(=O)/C(=C/c3ccccc3C)NC(=O)c3ccccc3)c2)sc2c1CCC(C(C)(C)C)C2. The molecule has 1 aliphatic rings. The van der Waals surface area contributed by atoms with Crippen molar-refractivity contribution >= 4 is 63.6 Å². The molecule has 4 aromatic rings. The third-order valence-electron chi connectivity index (χ3n) is 8.61. The Morgan fingerprint density at radius 2 is 1.69 bits per heavy atom. The molecule has 1 atom stereocenters. The molecule has 254 valence electrons. The number of hydrogen-bond acceptors (Lipinski definition) is 7. The van der Waals surface area contributed by atoms with Crippen LogP contribution in [0.3, 0.4) is 0 Å². The Morgan fingerprint density at radius 3 is 2.41 bits per heavy atom. The fourth-order valence-electron chi connectivity index (χ4n) is 5.75. The van der Waals surface area contributed by atoms with E-state index in [2.05, 4.69) is 36.7 Å². The van der Waals surface area contributed by atoms with E-state index in [4.69, 9.17) is 4.74 Å². The number of thioether (sulfide) groups is 1. The summed E-state index contributed by atoms with van der Waals surface area (Å²) in [6.07, 6.45) is 4.28. The van der Waals surface area contributed by atoms with Gasteiger partial charge in [0.1, 0.15) is 10.7 Å². The first kappa shape index (κ1) is 35.6. The van der Waals surface area contributed by atoms with E-state index >= 15 is 0 Å². The van der Waals surface area contributed by atoms with Gasteiger partial charge in [-0.2, -0.15) is 0 Å². The van der Waals surface area contributed by atoms with Gasteiger partial charge in [-0.1, -0.05) is 69.3 Å². The Bertz CT molecular complexity index is 1890. The number of benzene rings is 3. The van der Waals surface area contributed by atoms with E-state index < -0.39 is 17.8 Å². The second kappa shape index (κ2) is 15.7. The number of carbonyl (C=O) groups is 4. The van der Waals surface area contributed by atoms with Gasteiger partial charge in [0.25, 0.3) is 11.8 Å². The van der Waals surface area contributed by atoms with Crippen molar-refractivity contribution in [2.45, 2.75) is 51.9 Å². The molecule has 8 nitrogen and oxygen atoms in total. The standard InChI is InChI=1S/C39H41N3O5S2/c1-24-12-9-10-15-26(24)20-31(41-35(44)25-13-7-6-8-14-25)36(45)40-28-16-11-17-29(22-28)48-23-33(43)42-37-34(38(46)47-5)30-19-18-27(39(2,3)4)21-32(30)49-37/h6-17,20,22,27H,18-19,21,23H2,1-5H3,(H,40,45)(H,41,44)(H,42,43)/b31-20-. The predicted octanol–water partition coefficient (Wildman–Crippen LogP) is 8.13. The van der Waals surface area contributed by atoms with Crippen molar-refractivity contribution in [2.24, 2.45) is 11.3 Å². The van der Waals surface area contributed by atoms with Crippen molar-refractivity contribution in [1.29, 1.82) is 0 Å². The highest BCUT2D eigenvalue weighted by molar-refractivity contribution is 8.00. The number of thiophene rings is 1. The first-order valence-corrected chi connectivity index (χ1v) is 17.9. The molecule has 0 radical (unpaired) electrons. The molecule has 1 heterocycles. The van der Waals surface area contributed by atoms with Crippen molar-refractivity contribution in [1.82, 2.24) is 5.32 Å². The number of fused-ring (bicyclic) bond motifs is 1. The molecule has 0 spiro atoms. The lowest BCUT2D eigenvalue weighted by atomic mass is 9.72. The summed E-state index contributed by atoms with van der Waals surface area (Å²) in [4.78, 5) is 54.4. The van der Waals surface area contributed by atoms with E-state index in [0.717, 1.165) is 45.7 Å². The van der Waals surface area contributed by atoms with Crippen molar-refractivity contribution in [3.05, 3.63) is 117 Å². The van der Waals surface area contributed by atoms with E-state index in [-0.39, 0.29) is 22.8 Å².